The maximum absolute atomic E-state index is 11.7. The van der Waals surface area contributed by atoms with Gasteiger partial charge >= 0.3 is 5.97 Å². The highest BCUT2D eigenvalue weighted by molar-refractivity contribution is 5.81. The first kappa shape index (κ1) is 29.8. The molecule has 222 valence electrons. The van der Waals surface area contributed by atoms with Crippen LogP contribution in [0.15, 0.2) is 72.8 Å². The number of benzene rings is 2. The first-order valence-corrected chi connectivity index (χ1v) is 14.2. The smallest absolute Gasteiger partial charge is 0.330 e. The van der Waals surface area contributed by atoms with Crippen molar-refractivity contribution in [2.75, 3.05) is 13.7 Å². The van der Waals surface area contributed by atoms with Crippen LogP contribution >= 0.6 is 0 Å². The lowest BCUT2D eigenvalue weighted by molar-refractivity contribution is -0.274. The molecule has 2 aromatic carbocycles. The summed E-state index contributed by atoms with van der Waals surface area (Å²) < 4.78 is 42.3. The minimum absolute atomic E-state index is 0.282. The van der Waals surface area contributed by atoms with Crippen molar-refractivity contribution in [3.8, 4) is 0 Å². The van der Waals surface area contributed by atoms with Crippen LogP contribution in [0.1, 0.15) is 37.8 Å². The molecule has 0 unspecified atom stereocenters. The van der Waals surface area contributed by atoms with E-state index in [1.807, 2.05) is 60.7 Å². The highest BCUT2D eigenvalue weighted by Crippen LogP contribution is 2.39. The number of carbonyl (C=O) groups is 1. The molecule has 9 heteroatoms. The molecule has 5 rings (SSSR count). The zero-order valence-electron chi connectivity index (χ0n) is 23.8. The van der Waals surface area contributed by atoms with Crippen LogP contribution in [-0.4, -0.2) is 79.4 Å². The van der Waals surface area contributed by atoms with Gasteiger partial charge in [0, 0.05) is 18.9 Å². The Morgan fingerprint density at radius 1 is 0.927 bits per heavy atom. The maximum atomic E-state index is 11.7. The molecule has 2 aromatic rings. The van der Waals surface area contributed by atoms with E-state index in [2.05, 4.69) is 0 Å². The maximum Gasteiger partial charge on any atom is 0.330 e. The van der Waals surface area contributed by atoms with E-state index in [1.54, 1.807) is 19.9 Å². The fraction of sp³-hybridized carbons (Fsp3) is 0.531. The van der Waals surface area contributed by atoms with Crippen LogP contribution in [0.4, 0.5) is 0 Å². The molecule has 3 aliphatic heterocycles. The molecule has 3 fully saturated rings. The Hall–Kier alpha value is -2.63. The van der Waals surface area contributed by atoms with Gasteiger partial charge in [-0.1, -0.05) is 60.7 Å². The van der Waals surface area contributed by atoms with Crippen LogP contribution in [0.2, 0.25) is 0 Å². The van der Waals surface area contributed by atoms with Crippen molar-refractivity contribution in [1.82, 2.24) is 0 Å². The average molecular weight is 569 g/mol. The highest BCUT2D eigenvalue weighted by atomic mass is 16.8. The number of rotatable bonds is 10. The van der Waals surface area contributed by atoms with Crippen molar-refractivity contribution in [2.45, 2.75) is 94.5 Å². The topological polar surface area (TPSA) is 102 Å². The summed E-state index contributed by atoms with van der Waals surface area (Å²) in [6.07, 6.45) is -0.208. The zero-order valence-corrected chi connectivity index (χ0v) is 23.8. The van der Waals surface area contributed by atoms with Gasteiger partial charge in [-0.25, -0.2) is 4.79 Å². The fourth-order valence-electron chi connectivity index (χ4n) is 5.67. The predicted octanol–water partition coefficient (Wildman–Crippen LogP) is 3.71. The molecular weight excluding hydrogens is 528 g/mol. The third-order valence-electron chi connectivity index (χ3n) is 7.64. The first-order chi connectivity index (χ1) is 19.8. The predicted molar refractivity (Wildman–Crippen MR) is 149 cm³/mol. The second kappa shape index (κ2) is 13.6. The molecule has 0 aromatic heterocycles. The van der Waals surface area contributed by atoms with Crippen LogP contribution in [0.3, 0.4) is 0 Å². The number of hydrogen-bond acceptors (Lipinski definition) is 9. The Morgan fingerprint density at radius 2 is 1.59 bits per heavy atom. The lowest BCUT2D eigenvalue weighted by Gasteiger charge is -2.48. The molecule has 8 atom stereocenters. The summed E-state index contributed by atoms with van der Waals surface area (Å²) in [6.45, 7) is 4.84. The van der Waals surface area contributed by atoms with Gasteiger partial charge in [0.2, 0.25) is 0 Å². The van der Waals surface area contributed by atoms with Crippen LogP contribution in [0.5, 0.6) is 0 Å². The molecule has 0 radical (unpaired) electrons. The fourth-order valence-corrected chi connectivity index (χ4v) is 5.67. The van der Waals surface area contributed by atoms with Crippen molar-refractivity contribution in [3.05, 3.63) is 83.9 Å². The van der Waals surface area contributed by atoms with Gasteiger partial charge in [-0.3, -0.25) is 0 Å². The van der Waals surface area contributed by atoms with Crippen LogP contribution in [0, 0.1) is 0 Å². The van der Waals surface area contributed by atoms with Crippen molar-refractivity contribution >= 4 is 5.97 Å². The van der Waals surface area contributed by atoms with Crippen molar-refractivity contribution < 1.29 is 43.1 Å². The van der Waals surface area contributed by atoms with Gasteiger partial charge in [-0.05, 0) is 31.1 Å². The summed E-state index contributed by atoms with van der Waals surface area (Å²) in [5, 5.41) is 11.2. The van der Waals surface area contributed by atoms with E-state index in [1.165, 1.54) is 13.2 Å². The first-order valence-electron chi connectivity index (χ1n) is 14.2. The molecule has 3 heterocycles. The number of aliphatic hydroxyl groups is 1. The van der Waals surface area contributed by atoms with Crippen molar-refractivity contribution in [1.29, 1.82) is 0 Å². The normalized spacial score (nSPS) is 33.0. The quantitative estimate of drug-likeness (QED) is 0.340. The summed E-state index contributed by atoms with van der Waals surface area (Å²) in [4.78, 5) is 11.7. The molecule has 0 amide bonds. The number of hydrogen-bond donors (Lipinski definition) is 1. The van der Waals surface area contributed by atoms with E-state index >= 15 is 0 Å². The molecular formula is C32H40O9. The summed E-state index contributed by atoms with van der Waals surface area (Å²) in [7, 11) is 1.31. The number of esters is 1. The number of carbonyl (C=O) groups excluding carboxylic acids is 1. The van der Waals surface area contributed by atoms with Crippen LogP contribution < -0.4 is 0 Å². The average Bonchev–Trinajstić information content (AvgIpc) is 3.29. The Labute approximate surface area is 241 Å². The van der Waals surface area contributed by atoms with Gasteiger partial charge in [0.25, 0.3) is 0 Å². The summed E-state index contributed by atoms with van der Waals surface area (Å²) >= 11 is 0. The molecule has 41 heavy (non-hydrogen) atoms. The zero-order chi connectivity index (χ0) is 28.8. The number of aliphatic hydroxyl groups excluding tert-OH is 1. The lowest BCUT2D eigenvalue weighted by atomic mass is 9.87. The molecule has 1 N–H and O–H groups in total. The third-order valence-corrected chi connectivity index (χ3v) is 7.64. The van der Waals surface area contributed by atoms with Gasteiger partial charge in [0.05, 0.1) is 51.3 Å². The third kappa shape index (κ3) is 7.81. The van der Waals surface area contributed by atoms with E-state index in [0.717, 1.165) is 11.1 Å². The van der Waals surface area contributed by atoms with Gasteiger partial charge < -0.3 is 38.3 Å². The van der Waals surface area contributed by atoms with E-state index in [4.69, 9.17) is 33.2 Å². The Bertz CT molecular complexity index is 1140. The SMILES string of the molecule is COC(=O)/C=C/[C@@H]1OC(C)(C)O[C@@H]1[C@@H]1O[C@@H]2C[C@H](OCc3ccccc3)[C@@H](COCc3ccccc3)O[C@H]2C[C@H]1O. The molecule has 0 aliphatic carbocycles. The Morgan fingerprint density at radius 3 is 2.27 bits per heavy atom. The standard InChI is InChI=1S/C32H40O9/c1-32(2)40-24(14-15-29(34)35-3)31(41-32)30-23(33)16-26-27(39-30)17-25(37-19-22-12-8-5-9-13-22)28(38-26)20-36-18-21-10-6-4-7-11-21/h4-15,23-28,30-31,33H,16-20H2,1-3H3/b15-14+/t23-,24+,25+,26+,27-,28-,30-,31+/m1/s1. The summed E-state index contributed by atoms with van der Waals surface area (Å²) in [5.41, 5.74) is 2.15. The number of methoxy groups -OCH3 is 1. The number of ether oxygens (including phenoxy) is 7. The lowest BCUT2D eigenvalue weighted by Crippen LogP contribution is -2.60. The summed E-state index contributed by atoms with van der Waals surface area (Å²) in [6, 6.07) is 20.0. The van der Waals surface area contributed by atoms with Gasteiger partial charge in [-0.15, -0.1) is 0 Å². The minimum atomic E-state index is -0.915. The largest absolute Gasteiger partial charge is 0.466 e. The molecule has 3 aliphatic rings. The van der Waals surface area contributed by atoms with Gasteiger partial charge in [0.1, 0.15) is 24.4 Å². The second-order valence-corrected chi connectivity index (χ2v) is 11.2. The van der Waals surface area contributed by atoms with E-state index in [0.29, 0.717) is 32.7 Å². The van der Waals surface area contributed by atoms with Gasteiger partial charge in [0.15, 0.2) is 5.79 Å². The van der Waals surface area contributed by atoms with Crippen LogP contribution in [-0.2, 0) is 51.2 Å². The van der Waals surface area contributed by atoms with E-state index in [9.17, 15) is 9.90 Å². The minimum Gasteiger partial charge on any atom is -0.466 e. The molecule has 9 nitrogen and oxygen atoms in total. The summed E-state index contributed by atoms with van der Waals surface area (Å²) in [5.74, 6) is -1.41. The Kier molecular flexibility index (Phi) is 9.87. The molecule has 0 spiro atoms. The van der Waals surface area contributed by atoms with Crippen molar-refractivity contribution in [3.63, 3.8) is 0 Å². The molecule has 0 saturated carbocycles. The van der Waals surface area contributed by atoms with Crippen LogP contribution in [0.25, 0.3) is 0 Å². The monoisotopic (exact) mass is 568 g/mol. The van der Waals surface area contributed by atoms with Crippen molar-refractivity contribution in [2.24, 2.45) is 0 Å². The Balaban J connectivity index is 1.27. The number of fused-ring (bicyclic) bond motifs is 1. The molecule has 0 bridgehead atoms. The highest BCUT2D eigenvalue weighted by Gasteiger charge is 2.53. The van der Waals surface area contributed by atoms with E-state index in [-0.39, 0.29) is 24.4 Å². The van der Waals surface area contributed by atoms with Gasteiger partial charge in [-0.2, -0.15) is 0 Å². The second-order valence-electron chi connectivity index (χ2n) is 11.2. The van der Waals surface area contributed by atoms with E-state index < -0.39 is 36.2 Å². The molecule has 3 saturated heterocycles.